The molecule has 1 amide bonds. The molecule has 1 heterocycles. The van der Waals surface area contributed by atoms with Crippen LogP contribution < -0.4 is 20.2 Å². The molecule has 5 aromatic rings. The van der Waals surface area contributed by atoms with Crippen molar-refractivity contribution < 1.29 is 18.7 Å². The summed E-state index contributed by atoms with van der Waals surface area (Å²) in [6.07, 6.45) is 1.52. The lowest BCUT2D eigenvalue weighted by molar-refractivity contribution is 0.0955. The molecule has 0 unspecified atom stereocenters. The normalized spacial score (nSPS) is 11.0. The van der Waals surface area contributed by atoms with Crippen molar-refractivity contribution in [3.05, 3.63) is 122 Å². The number of benzene rings is 4. The molecule has 10 heteroatoms. The summed E-state index contributed by atoms with van der Waals surface area (Å²) in [6.45, 7) is 2.11. The van der Waals surface area contributed by atoms with Crippen molar-refractivity contribution in [2.24, 2.45) is 5.10 Å². The number of rotatable bonds is 10. The number of nitrogens with zero attached hydrogens (tertiary/aromatic N) is 2. The number of amides is 1. The Hall–Kier alpha value is -4.29. The second-order valence-corrected chi connectivity index (χ2v) is 11.2. The molecular formula is C32H26FIN4O3S. The molecule has 0 aliphatic carbocycles. The summed E-state index contributed by atoms with van der Waals surface area (Å²) in [5.74, 6) is 0.301. The third kappa shape index (κ3) is 7.31. The molecule has 4 aromatic carbocycles. The van der Waals surface area contributed by atoms with Crippen molar-refractivity contribution in [1.82, 2.24) is 10.4 Å². The first-order valence-electron chi connectivity index (χ1n) is 12.9. The van der Waals surface area contributed by atoms with Crippen LogP contribution in [0, 0.1) is 16.3 Å². The lowest BCUT2D eigenvalue weighted by Crippen LogP contribution is -2.17. The standard InChI is InChI=1S/C32H26FIN4O3S/c1-20-7-13-25(14-8-20)36-32-37-28(19-42-32)22-9-11-23(12-10-22)31(39)38-35-17-21-15-27(34)30(29(16-21)40-2)41-18-24-5-3-4-6-26(24)33/h3-17,19H,18H2,1-2H3,(H,36,37)(H,38,39)/b35-17-. The molecule has 0 radical (unpaired) electrons. The highest BCUT2D eigenvalue weighted by Crippen LogP contribution is 2.34. The number of aryl methyl sites for hydroxylation is 1. The van der Waals surface area contributed by atoms with E-state index in [1.807, 2.05) is 54.8 Å². The Morgan fingerprint density at radius 2 is 1.83 bits per heavy atom. The van der Waals surface area contributed by atoms with Crippen LogP contribution in [0.3, 0.4) is 0 Å². The molecule has 0 saturated carbocycles. The van der Waals surface area contributed by atoms with E-state index in [2.05, 4.69) is 43.4 Å². The minimum absolute atomic E-state index is 0.0648. The minimum Gasteiger partial charge on any atom is -0.493 e. The molecule has 2 N–H and O–H groups in total. The molecule has 1 aromatic heterocycles. The smallest absolute Gasteiger partial charge is 0.271 e. The molecule has 212 valence electrons. The molecule has 0 aliphatic heterocycles. The fraction of sp³-hybridized carbons (Fsp3) is 0.0938. The van der Waals surface area contributed by atoms with Crippen molar-refractivity contribution in [2.45, 2.75) is 13.5 Å². The van der Waals surface area contributed by atoms with Gasteiger partial charge < -0.3 is 14.8 Å². The van der Waals surface area contributed by atoms with E-state index in [0.717, 1.165) is 25.6 Å². The quantitative estimate of drug-likeness (QED) is 0.0882. The van der Waals surface area contributed by atoms with Crippen LogP contribution in [0.15, 0.2) is 95.4 Å². The predicted octanol–water partition coefficient (Wildman–Crippen LogP) is 7.96. The predicted molar refractivity (Wildman–Crippen MR) is 174 cm³/mol. The van der Waals surface area contributed by atoms with Crippen LogP contribution in [-0.2, 0) is 6.61 Å². The Kier molecular flexibility index (Phi) is 9.45. The topological polar surface area (TPSA) is 84.8 Å². The van der Waals surface area contributed by atoms with Gasteiger partial charge in [0.1, 0.15) is 12.4 Å². The maximum absolute atomic E-state index is 14.0. The summed E-state index contributed by atoms with van der Waals surface area (Å²) in [5, 5.41) is 10.2. The van der Waals surface area contributed by atoms with E-state index in [1.54, 1.807) is 36.4 Å². The maximum Gasteiger partial charge on any atom is 0.271 e. The second kappa shape index (κ2) is 13.6. The number of hydrogen-bond donors (Lipinski definition) is 2. The third-order valence-electron chi connectivity index (χ3n) is 6.21. The lowest BCUT2D eigenvalue weighted by atomic mass is 10.1. The first-order chi connectivity index (χ1) is 20.4. The van der Waals surface area contributed by atoms with E-state index in [9.17, 15) is 9.18 Å². The molecule has 0 bridgehead atoms. The van der Waals surface area contributed by atoms with Gasteiger partial charge in [0, 0.05) is 27.8 Å². The van der Waals surface area contributed by atoms with E-state index in [0.29, 0.717) is 28.2 Å². The lowest BCUT2D eigenvalue weighted by Gasteiger charge is -2.14. The van der Waals surface area contributed by atoms with Crippen LogP contribution in [-0.4, -0.2) is 24.2 Å². The largest absolute Gasteiger partial charge is 0.493 e. The van der Waals surface area contributed by atoms with Gasteiger partial charge in [-0.1, -0.05) is 48.0 Å². The van der Waals surface area contributed by atoms with Crippen molar-refractivity contribution in [1.29, 1.82) is 0 Å². The number of hydrazone groups is 1. The zero-order chi connectivity index (χ0) is 29.5. The monoisotopic (exact) mass is 692 g/mol. The number of carbonyl (C=O) groups excluding carboxylic acids is 1. The van der Waals surface area contributed by atoms with E-state index < -0.39 is 0 Å². The maximum atomic E-state index is 14.0. The summed E-state index contributed by atoms with van der Waals surface area (Å²) >= 11 is 3.64. The summed E-state index contributed by atoms with van der Waals surface area (Å²) in [5.41, 5.74) is 8.07. The molecule has 0 fully saturated rings. The van der Waals surface area contributed by atoms with Gasteiger partial charge in [-0.2, -0.15) is 5.10 Å². The molecule has 5 rings (SSSR count). The zero-order valence-corrected chi connectivity index (χ0v) is 25.7. The first kappa shape index (κ1) is 29.2. The van der Waals surface area contributed by atoms with Gasteiger partial charge in [0.25, 0.3) is 5.91 Å². The van der Waals surface area contributed by atoms with E-state index in [1.165, 1.54) is 36.3 Å². The Morgan fingerprint density at radius 3 is 2.57 bits per heavy atom. The highest BCUT2D eigenvalue weighted by molar-refractivity contribution is 14.1. The number of anilines is 2. The molecule has 0 saturated heterocycles. The highest BCUT2D eigenvalue weighted by atomic mass is 127. The molecule has 0 spiro atoms. The van der Waals surface area contributed by atoms with Gasteiger partial charge in [0.05, 0.1) is 22.6 Å². The van der Waals surface area contributed by atoms with Crippen LogP contribution in [0.4, 0.5) is 15.2 Å². The van der Waals surface area contributed by atoms with E-state index in [4.69, 9.17) is 9.47 Å². The van der Waals surface area contributed by atoms with Crippen molar-refractivity contribution in [3.8, 4) is 22.8 Å². The minimum atomic E-state index is -0.343. The van der Waals surface area contributed by atoms with Gasteiger partial charge in [0.15, 0.2) is 16.6 Å². The molecular weight excluding hydrogens is 666 g/mol. The van der Waals surface area contributed by atoms with Gasteiger partial charge in [0.2, 0.25) is 0 Å². The third-order valence-corrected chi connectivity index (χ3v) is 7.77. The van der Waals surface area contributed by atoms with Gasteiger partial charge in [-0.15, -0.1) is 11.3 Å². The van der Waals surface area contributed by atoms with Crippen LogP contribution >= 0.6 is 33.9 Å². The van der Waals surface area contributed by atoms with Crippen molar-refractivity contribution in [3.63, 3.8) is 0 Å². The second-order valence-electron chi connectivity index (χ2n) is 9.22. The average molecular weight is 693 g/mol. The van der Waals surface area contributed by atoms with Gasteiger partial charge in [-0.05, 0) is 77.5 Å². The zero-order valence-electron chi connectivity index (χ0n) is 22.7. The first-order valence-corrected chi connectivity index (χ1v) is 14.8. The van der Waals surface area contributed by atoms with Crippen LogP contribution in [0.2, 0.25) is 0 Å². The van der Waals surface area contributed by atoms with Crippen LogP contribution in [0.5, 0.6) is 11.5 Å². The van der Waals surface area contributed by atoms with Crippen molar-refractivity contribution in [2.75, 3.05) is 12.4 Å². The number of hydrogen-bond acceptors (Lipinski definition) is 7. The average Bonchev–Trinajstić information content (AvgIpc) is 3.47. The number of aromatic nitrogens is 1. The SMILES string of the molecule is COc1cc(/C=N\NC(=O)c2ccc(-c3csc(Nc4ccc(C)cc4)n3)cc2)cc(I)c1OCc1ccccc1F. The number of ether oxygens (including phenoxy) is 2. The summed E-state index contributed by atoms with van der Waals surface area (Å²) in [4.78, 5) is 17.3. The molecule has 0 aliphatic rings. The number of nitrogens with one attached hydrogen (secondary N) is 2. The molecule has 7 nitrogen and oxygen atoms in total. The van der Waals surface area contributed by atoms with Gasteiger partial charge in [-0.3, -0.25) is 4.79 Å². The van der Waals surface area contributed by atoms with Gasteiger partial charge >= 0.3 is 0 Å². The number of thiazole rings is 1. The fourth-order valence-corrected chi connectivity index (χ4v) is 5.49. The van der Waals surface area contributed by atoms with Crippen LogP contribution in [0.1, 0.15) is 27.0 Å². The fourth-order valence-electron chi connectivity index (χ4n) is 3.97. The highest BCUT2D eigenvalue weighted by Gasteiger charge is 2.13. The van der Waals surface area contributed by atoms with Crippen molar-refractivity contribution >= 4 is 56.9 Å². The summed E-state index contributed by atoms with van der Waals surface area (Å²) in [6, 6.07) is 25.3. The van der Waals surface area contributed by atoms with Crippen LogP contribution in [0.25, 0.3) is 11.3 Å². The summed E-state index contributed by atoms with van der Waals surface area (Å²) < 4.78 is 26.1. The van der Waals surface area contributed by atoms with E-state index in [-0.39, 0.29) is 18.3 Å². The number of halogens is 2. The molecule has 0 atom stereocenters. The number of carbonyl (C=O) groups is 1. The van der Waals surface area contributed by atoms with E-state index >= 15 is 0 Å². The molecule has 42 heavy (non-hydrogen) atoms. The Balaban J connectivity index is 1.19. The number of methoxy groups -OCH3 is 1. The van der Waals surface area contributed by atoms with Gasteiger partial charge in [-0.25, -0.2) is 14.8 Å². The Morgan fingerprint density at radius 1 is 1.07 bits per heavy atom. The Bertz CT molecular complexity index is 1720. The Labute approximate surface area is 260 Å². The summed E-state index contributed by atoms with van der Waals surface area (Å²) in [7, 11) is 1.53.